The van der Waals surface area contributed by atoms with Crippen molar-refractivity contribution in [2.45, 2.75) is 64.8 Å². The standard InChI is InChI=1S/C27H36N2O4S/c1-18(2)24(31)28-22-21-10-12-27(23(22)30,25(21,3)4)17-34(32,33)29-15-13-26(14-16-29)11-9-19-7-5-6-8-20(19)26/h5-9,11,18,21-22H,10,12-17H2,1-4H3,(H,28,31)/t21-,22?,27-/m1/s1. The van der Waals surface area contributed by atoms with E-state index in [0.29, 0.717) is 19.5 Å². The van der Waals surface area contributed by atoms with Gasteiger partial charge in [0.1, 0.15) is 0 Å². The maximum absolute atomic E-state index is 13.7. The van der Waals surface area contributed by atoms with Gasteiger partial charge in [-0.3, -0.25) is 9.59 Å². The van der Waals surface area contributed by atoms with Crippen molar-refractivity contribution < 1.29 is 18.0 Å². The molecule has 1 spiro atoms. The number of fused-ring (bicyclic) bond motifs is 4. The summed E-state index contributed by atoms with van der Waals surface area (Å²) in [5.41, 5.74) is 1.01. The van der Waals surface area contributed by atoms with Crippen molar-refractivity contribution in [1.29, 1.82) is 0 Å². The zero-order valence-electron chi connectivity index (χ0n) is 20.6. The number of hydrogen-bond donors (Lipinski definition) is 1. The first-order chi connectivity index (χ1) is 15.9. The van der Waals surface area contributed by atoms with Crippen LogP contribution in [0.4, 0.5) is 0 Å². The van der Waals surface area contributed by atoms with Crippen molar-refractivity contribution in [3.8, 4) is 0 Å². The molecule has 1 aliphatic heterocycles. The number of nitrogens with zero attached hydrogens (tertiary/aromatic N) is 1. The summed E-state index contributed by atoms with van der Waals surface area (Å²) in [6.07, 6.45) is 7.24. The topological polar surface area (TPSA) is 83.5 Å². The Balaban J connectivity index is 1.35. The Kier molecular flexibility index (Phi) is 5.41. The fourth-order valence-corrected chi connectivity index (χ4v) is 9.40. The van der Waals surface area contributed by atoms with Crippen LogP contribution in [-0.2, 0) is 25.0 Å². The normalized spacial score (nSPS) is 31.4. The quantitative estimate of drug-likeness (QED) is 0.693. The van der Waals surface area contributed by atoms with Crippen LogP contribution in [0.25, 0.3) is 6.08 Å². The lowest BCUT2D eigenvalue weighted by molar-refractivity contribution is -0.134. The summed E-state index contributed by atoms with van der Waals surface area (Å²) in [4.78, 5) is 26.0. The van der Waals surface area contributed by atoms with Crippen LogP contribution in [0.2, 0.25) is 0 Å². The van der Waals surface area contributed by atoms with Crippen LogP contribution in [-0.4, -0.2) is 49.3 Å². The maximum Gasteiger partial charge on any atom is 0.223 e. The molecule has 1 amide bonds. The van der Waals surface area contributed by atoms with Crippen LogP contribution >= 0.6 is 0 Å². The number of Topliss-reactive ketones (excluding diaryl/α,β-unsaturated/α-hetero) is 1. The van der Waals surface area contributed by atoms with Gasteiger partial charge in [-0.2, -0.15) is 0 Å². The van der Waals surface area contributed by atoms with Crippen molar-refractivity contribution in [2.24, 2.45) is 22.7 Å². The minimum Gasteiger partial charge on any atom is -0.346 e. The minimum absolute atomic E-state index is 0.0253. The molecular weight excluding hydrogens is 448 g/mol. The molecule has 1 unspecified atom stereocenters. The molecule has 6 nitrogen and oxygen atoms in total. The van der Waals surface area contributed by atoms with Gasteiger partial charge < -0.3 is 5.32 Å². The van der Waals surface area contributed by atoms with Crippen LogP contribution in [0.15, 0.2) is 30.3 Å². The van der Waals surface area contributed by atoms with E-state index >= 15 is 0 Å². The van der Waals surface area contributed by atoms with Crippen molar-refractivity contribution in [3.63, 3.8) is 0 Å². The van der Waals surface area contributed by atoms with E-state index in [0.717, 1.165) is 19.3 Å². The zero-order chi connectivity index (χ0) is 24.5. The second-order valence-corrected chi connectivity index (χ2v) is 13.7. The SMILES string of the molecule is CC(C)C(=O)NC1C(=O)[C@]2(CS(=O)(=O)N3CCC4(C=Cc5ccccc54)CC3)CC[C@H]1C2(C)C. The Labute approximate surface area is 203 Å². The number of sulfonamides is 1. The van der Waals surface area contributed by atoms with E-state index in [1.807, 2.05) is 19.9 Å². The Morgan fingerprint density at radius 2 is 1.82 bits per heavy atom. The fraction of sp³-hybridized carbons (Fsp3) is 0.630. The van der Waals surface area contributed by atoms with Gasteiger partial charge in [-0.05, 0) is 48.1 Å². The van der Waals surface area contributed by atoms with Crippen molar-refractivity contribution in [2.75, 3.05) is 18.8 Å². The first-order valence-electron chi connectivity index (χ1n) is 12.5. The summed E-state index contributed by atoms with van der Waals surface area (Å²) >= 11 is 0. The molecule has 3 atom stereocenters. The first kappa shape index (κ1) is 23.7. The molecule has 3 fully saturated rings. The smallest absolute Gasteiger partial charge is 0.223 e. The minimum atomic E-state index is -3.63. The highest BCUT2D eigenvalue weighted by Crippen LogP contribution is 2.64. The lowest BCUT2D eigenvalue weighted by Crippen LogP contribution is -2.52. The fourth-order valence-electron chi connectivity index (χ4n) is 7.20. The molecule has 3 aliphatic carbocycles. The van der Waals surface area contributed by atoms with E-state index in [4.69, 9.17) is 0 Å². The van der Waals surface area contributed by atoms with E-state index in [-0.39, 0.29) is 34.7 Å². The summed E-state index contributed by atoms with van der Waals surface area (Å²) in [7, 11) is -3.63. The summed E-state index contributed by atoms with van der Waals surface area (Å²) < 4.78 is 29.0. The Morgan fingerprint density at radius 3 is 2.50 bits per heavy atom. The van der Waals surface area contributed by atoms with Gasteiger partial charge in [-0.25, -0.2) is 12.7 Å². The first-order valence-corrected chi connectivity index (χ1v) is 14.2. The molecule has 2 saturated carbocycles. The Bertz CT molecular complexity index is 1160. The second-order valence-electron chi connectivity index (χ2n) is 11.7. The van der Waals surface area contributed by atoms with E-state index in [2.05, 4.69) is 35.7 Å². The third kappa shape index (κ3) is 3.26. The van der Waals surface area contributed by atoms with Gasteiger partial charge >= 0.3 is 0 Å². The van der Waals surface area contributed by atoms with Gasteiger partial charge in [0.05, 0.1) is 17.2 Å². The summed E-state index contributed by atoms with van der Waals surface area (Å²) in [5.74, 6) is -0.637. The van der Waals surface area contributed by atoms with E-state index in [9.17, 15) is 18.0 Å². The number of benzene rings is 1. The number of allylic oxidation sites excluding steroid dienone is 1. The Morgan fingerprint density at radius 1 is 1.15 bits per heavy atom. The molecule has 5 rings (SSSR count). The molecule has 1 saturated heterocycles. The summed E-state index contributed by atoms with van der Waals surface area (Å²) in [5, 5.41) is 2.94. The average Bonchev–Trinajstić information content (AvgIpc) is 3.31. The average molecular weight is 485 g/mol. The number of piperidine rings is 1. The number of carbonyl (C=O) groups is 2. The van der Waals surface area contributed by atoms with Crippen molar-refractivity contribution in [1.82, 2.24) is 9.62 Å². The van der Waals surface area contributed by atoms with E-state index in [1.54, 1.807) is 18.2 Å². The molecule has 7 heteroatoms. The number of amides is 1. The molecule has 184 valence electrons. The zero-order valence-corrected chi connectivity index (χ0v) is 21.5. The lowest BCUT2D eigenvalue weighted by atomic mass is 9.70. The molecule has 2 bridgehead atoms. The van der Waals surface area contributed by atoms with Crippen LogP contribution in [0, 0.1) is 22.7 Å². The highest BCUT2D eigenvalue weighted by molar-refractivity contribution is 7.89. The highest BCUT2D eigenvalue weighted by atomic mass is 32.2. The van der Waals surface area contributed by atoms with Gasteiger partial charge in [-0.15, -0.1) is 0 Å². The molecule has 0 radical (unpaired) electrons. The molecule has 34 heavy (non-hydrogen) atoms. The van der Waals surface area contributed by atoms with Crippen LogP contribution < -0.4 is 5.32 Å². The second kappa shape index (κ2) is 7.76. The molecule has 0 aromatic heterocycles. The highest BCUT2D eigenvalue weighted by Gasteiger charge is 2.70. The molecule has 1 aromatic carbocycles. The van der Waals surface area contributed by atoms with Gasteiger partial charge in [0.2, 0.25) is 15.9 Å². The maximum atomic E-state index is 13.7. The Hall–Kier alpha value is -1.99. The van der Waals surface area contributed by atoms with Crippen LogP contribution in [0.3, 0.4) is 0 Å². The monoisotopic (exact) mass is 484 g/mol. The summed E-state index contributed by atoms with van der Waals surface area (Å²) in [6.45, 7) is 8.57. The molecular formula is C27H36N2O4S. The third-order valence-corrected chi connectivity index (χ3v) is 11.5. The molecule has 1 N–H and O–H groups in total. The number of nitrogens with one attached hydrogen (secondary N) is 1. The molecule has 1 aromatic rings. The molecule has 1 heterocycles. The van der Waals surface area contributed by atoms with Crippen LogP contribution in [0.1, 0.15) is 64.5 Å². The van der Waals surface area contributed by atoms with Crippen molar-refractivity contribution >= 4 is 27.8 Å². The lowest BCUT2D eigenvalue weighted by Gasteiger charge is -2.41. The van der Waals surface area contributed by atoms with Gasteiger partial charge in [0.25, 0.3) is 0 Å². The number of carbonyl (C=O) groups excluding carboxylic acids is 2. The van der Waals surface area contributed by atoms with E-state index < -0.39 is 26.9 Å². The van der Waals surface area contributed by atoms with Crippen LogP contribution in [0.5, 0.6) is 0 Å². The molecule has 4 aliphatic rings. The van der Waals surface area contributed by atoms with Gasteiger partial charge in [0, 0.05) is 24.4 Å². The number of hydrogen-bond acceptors (Lipinski definition) is 4. The predicted octanol–water partition coefficient (Wildman–Crippen LogP) is 3.52. The number of ketones is 1. The summed E-state index contributed by atoms with van der Waals surface area (Å²) in [6, 6.07) is 7.77. The largest absolute Gasteiger partial charge is 0.346 e. The van der Waals surface area contributed by atoms with Gasteiger partial charge in [0.15, 0.2) is 5.78 Å². The number of rotatable bonds is 5. The van der Waals surface area contributed by atoms with Gasteiger partial charge in [-0.1, -0.05) is 64.1 Å². The third-order valence-electron chi connectivity index (χ3n) is 9.54. The predicted molar refractivity (Wildman–Crippen MR) is 132 cm³/mol. The van der Waals surface area contributed by atoms with Crippen molar-refractivity contribution in [3.05, 3.63) is 41.5 Å². The van der Waals surface area contributed by atoms with E-state index in [1.165, 1.54) is 11.1 Å².